The molecule has 0 aliphatic heterocycles. The monoisotopic (exact) mass is 522 g/mol. The van der Waals surface area contributed by atoms with Gasteiger partial charge in [-0.25, -0.2) is 9.97 Å². The number of anilines is 1. The molecule has 160 valence electrons. The minimum Gasteiger partial charge on any atom is -0.319 e. The van der Waals surface area contributed by atoms with Crippen LogP contribution >= 0.6 is 39.5 Å². The van der Waals surface area contributed by atoms with Crippen molar-refractivity contribution in [2.45, 2.75) is 27.6 Å². The van der Waals surface area contributed by atoms with Gasteiger partial charge in [0.05, 0.1) is 16.8 Å². The normalized spacial score (nSPS) is 10.7. The highest BCUT2D eigenvalue weighted by Crippen LogP contribution is 2.32. The standard InChI is InChI=1S/C24H19BrN4OS2/c1-16-4-6-17(7-5-16)15-31-24-27-14-21(32-20-10-8-18(25)9-11-20)22(29-24)23(30)28-19-3-2-12-26-13-19/h2-14H,15H2,1H3,(H,28,30). The maximum absolute atomic E-state index is 13.1. The van der Waals surface area contributed by atoms with Gasteiger partial charge in [-0.3, -0.25) is 9.78 Å². The Morgan fingerprint density at radius 2 is 1.81 bits per heavy atom. The highest BCUT2D eigenvalue weighted by molar-refractivity contribution is 9.10. The van der Waals surface area contributed by atoms with Crippen LogP contribution in [0.5, 0.6) is 0 Å². The number of rotatable bonds is 7. The summed E-state index contributed by atoms with van der Waals surface area (Å²) in [4.78, 5) is 27.9. The molecular formula is C24H19BrN4OS2. The summed E-state index contributed by atoms with van der Waals surface area (Å²) in [7, 11) is 0. The van der Waals surface area contributed by atoms with Crippen LogP contribution < -0.4 is 5.32 Å². The van der Waals surface area contributed by atoms with Gasteiger partial charge in [-0.1, -0.05) is 69.3 Å². The summed E-state index contributed by atoms with van der Waals surface area (Å²) in [5, 5.41) is 3.44. The summed E-state index contributed by atoms with van der Waals surface area (Å²) >= 11 is 6.41. The molecule has 1 amide bonds. The fourth-order valence-corrected chi connectivity index (χ4v) is 4.65. The molecule has 0 radical (unpaired) electrons. The van der Waals surface area contributed by atoms with Crippen molar-refractivity contribution in [3.05, 3.63) is 101 Å². The van der Waals surface area contributed by atoms with Crippen LogP contribution in [0.4, 0.5) is 5.69 Å². The number of nitrogens with zero attached hydrogens (tertiary/aromatic N) is 3. The first kappa shape index (κ1) is 22.5. The van der Waals surface area contributed by atoms with Crippen molar-refractivity contribution in [2.24, 2.45) is 0 Å². The third-order valence-corrected chi connectivity index (χ3v) is 6.89. The highest BCUT2D eigenvalue weighted by atomic mass is 79.9. The van der Waals surface area contributed by atoms with E-state index < -0.39 is 0 Å². The molecule has 4 aromatic rings. The van der Waals surface area contributed by atoms with E-state index >= 15 is 0 Å². The van der Waals surface area contributed by atoms with Crippen LogP contribution in [0.1, 0.15) is 21.6 Å². The minimum atomic E-state index is -0.294. The quantitative estimate of drug-likeness (QED) is 0.216. The molecule has 0 aliphatic carbocycles. The number of benzene rings is 2. The van der Waals surface area contributed by atoms with E-state index in [1.807, 2.05) is 24.3 Å². The summed E-state index contributed by atoms with van der Waals surface area (Å²) in [6.45, 7) is 2.06. The lowest BCUT2D eigenvalue weighted by molar-refractivity contribution is 0.101. The SMILES string of the molecule is Cc1ccc(CSc2ncc(Sc3ccc(Br)cc3)c(C(=O)Nc3cccnc3)n2)cc1. The first-order chi connectivity index (χ1) is 15.6. The Morgan fingerprint density at radius 3 is 2.53 bits per heavy atom. The molecule has 2 aromatic heterocycles. The van der Waals surface area contributed by atoms with Gasteiger partial charge in [0.1, 0.15) is 5.69 Å². The van der Waals surface area contributed by atoms with Crippen molar-refractivity contribution in [1.29, 1.82) is 0 Å². The molecule has 0 spiro atoms. The zero-order valence-electron chi connectivity index (χ0n) is 17.2. The number of hydrogen-bond donors (Lipinski definition) is 1. The van der Waals surface area contributed by atoms with Crippen molar-refractivity contribution >= 4 is 51.0 Å². The van der Waals surface area contributed by atoms with E-state index in [9.17, 15) is 4.79 Å². The molecule has 32 heavy (non-hydrogen) atoms. The second-order valence-corrected chi connectivity index (χ2v) is 9.87. The molecule has 0 atom stereocenters. The molecular weight excluding hydrogens is 504 g/mol. The number of aryl methyl sites for hydroxylation is 1. The third-order valence-electron chi connectivity index (χ3n) is 4.40. The average Bonchev–Trinajstić information content (AvgIpc) is 2.81. The number of pyridine rings is 1. The van der Waals surface area contributed by atoms with Crippen molar-refractivity contribution in [3.8, 4) is 0 Å². The van der Waals surface area contributed by atoms with Crippen LogP contribution in [0.3, 0.4) is 0 Å². The third kappa shape index (κ3) is 6.18. The zero-order valence-corrected chi connectivity index (χ0v) is 20.4. The molecule has 8 heteroatoms. The summed E-state index contributed by atoms with van der Waals surface area (Å²) in [5.74, 6) is 0.431. The topological polar surface area (TPSA) is 67.8 Å². The lowest BCUT2D eigenvalue weighted by Crippen LogP contribution is -2.16. The Hall–Kier alpha value is -2.68. The first-order valence-corrected chi connectivity index (χ1v) is 12.4. The van der Waals surface area contributed by atoms with Gasteiger partial charge >= 0.3 is 0 Å². The van der Waals surface area contributed by atoms with Crippen LogP contribution in [0.15, 0.2) is 98.7 Å². The fourth-order valence-electron chi connectivity index (χ4n) is 2.75. The van der Waals surface area contributed by atoms with Gasteiger partial charge in [0.25, 0.3) is 5.91 Å². The highest BCUT2D eigenvalue weighted by Gasteiger charge is 2.17. The number of thioether (sulfide) groups is 1. The van der Waals surface area contributed by atoms with Crippen molar-refractivity contribution in [3.63, 3.8) is 0 Å². The van der Waals surface area contributed by atoms with Crippen LogP contribution in [-0.2, 0) is 5.75 Å². The molecule has 4 rings (SSSR count). The second-order valence-electron chi connectivity index (χ2n) is 6.89. The van der Waals surface area contributed by atoms with E-state index in [1.165, 1.54) is 34.7 Å². The predicted octanol–water partition coefficient (Wildman–Crippen LogP) is 6.64. The van der Waals surface area contributed by atoms with Crippen molar-refractivity contribution < 1.29 is 4.79 Å². The van der Waals surface area contributed by atoms with Crippen LogP contribution in [0.2, 0.25) is 0 Å². The number of carbonyl (C=O) groups is 1. The molecule has 0 saturated carbocycles. The lowest BCUT2D eigenvalue weighted by atomic mass is 10.2. The molecule has 5 nitrogen and oxygen atoms in total. The van der Waals surface area contributed by atoms with Crippen LogP contribution in [0, 0.1) is 6.92 Å². The molecule has 0 saturated heterocycles. The molecule has 0 aliphatic rings. The molecule has 2 aromatic carbocycles. The Labute approximate surface area is 203 Å². The molecule has 0 bridgehead atoms. The molecule has 0 unspecified atom stereocenters. The van der Waals surface area contributed by atoms with Crippen molar-refractivity contribution in [1.82, 2.24) is 15.0 Å². The second kappa shape index (κ2) is 10.8. The van der Waals surface area contributed by atoms with E-state index in [0.29, 0.717) is 21.4 Å². The van der Waals surface area contributed by atoms with Crippen LogP contribution in [-0.4, -0.2) is 20.9 Å². The van der Waals surface area contributed by atoms with E-state index in [0.717, 1.165) is 15.1 Å². The van der Waals surface area contributed by atoms with Gasteiger partial charge in [-0.15, -0.1) is 0 Å². The molecule has 2 heterocycles. The van der Waals surface area contributed by atoms with Gasteiger partial charge in [0.15, 0.2) is 5.16 Å². The first-order valence-electron chi connectivity index (χ1n) is 9.77. The van der Waals surface area contributed by atoms with E-state index in [1.54, 1.807) is 30.7 Å². The van der Waals surface area contributed by atoms with Crippen molar-refractivity contribution in [2.75, 3.05) is 5.32 Å². The smallest absolute Gasteiger partial charge is 0.275 e. The van der Waals surface area contributed by atoms with Gasteiger partial charge in [-0.05, 0) is 48.9 Å². The maximum Gasteiger partial charge on any atom is 0.275 e. The Kier molecular flexibility index (Phi) is 7.57. The fraction of sp³-hybridized carbons (Fsp3) is 0.0833. The van der Waals surface area contributed by atoms with Gasteiger partial charge < -0.3 is 5.32 Å². The number of halogens is 1. The van der Waals surface area contributed by atoms with E-state index in [2.05, 4.69) is 67.4 Å². The number of carbonyl (C=O) groups excluding carboxylic acids is 1. The summed E-state index contributed by atoms with van der Waals surface area (Å²) in [5.41, 5.74) is 3.35. The average molecular weight is 523 g/mol. The molecule has 0 fully saturated rings. The molecule has 1 N–H and O–H groups in total. The number of amides is 1. The minimum absolute atomic E-state index is 0.294. The number of aromatic nitrogens is 3. The Bertz CT molecular complexity index is 1200. The number of hydrogen-bond acceptors (Lipinski definition) is 6. The maximum atomic E-state index is 13.1. The van der Waals surface area contributed by atoms with Gasteiger partial charge in [0, 0.05) is 27.5 Å². The van der Waals surface area contributed by atoms with Gasteiger partial charge in [0.2, 0.25) is 0 Å². The van der Waals surface area contributed by atoms with E-state index in [4.69, 9.17) is 0 Å². The Morgan fingerprint density at radius 1 is 1.03 bits per heavy atom. The zero-order chi connectivity index (χ0) is 22.3. The summed E-state index contributed by atoms with van der Waals surface area (Å²) in [6, 6.07) is 19.8. The van der Waals surface area contributed by atoms with Gasteiger partial charge in [-0.2, -0.15) is 0 Å². The van der Waals surface area contributed by atoms with Crippen LogP contribution in [0.25, 0.3) is 0 Å². The summed E-state index contributed by atoms with van der Waals surface area (Å²) in [6.07, 6.45) is 4.98. The Balaban J connectivity index is 1.58. The lowest BCUT2D eigenvalue weighted by Gasteiger charge is -2.11. The van der Waals surface area contributed by atoms with E-state index in [-0.39, 0.29) is 5.91 Å². The predicted molar refractivity (Wildman–Crippen MR) is 133 cm³/mol. The number of nitrogens with one attached hydrogen (secondary N) is 1. The summed E-state index contributed by atoms with van der Waals surface area (Å²) < 4.78 is 0.996. The largest absolute Gasteiger partial charge is 0.319 e.